The van der Waals surface area contributed by atoms with Crippen molar-refractivity contribution >= 4 is 17.6 Å². The van der Waals surface area contributed by atoms with Crippen molar-refractivity contribution < 1.29 is 14.6 Å². The molecule has 0 saturated carbocycles. The van der Waals surface area contributed by atoms with Gasteiger partial charge in [-0.1, -0.05) is 11.6 Å². The Hall–Kier alpha value is -1.26. The number of benzene rings is 1. The highest BCUT2D eigenvalue weighted by Crippen LogP contribution is 2.31. The quantitative estimate of drug-likeness (QED) is 0.842. The van der Waals surface area contributed by atoms with Gasteiger partial charge in [-0.15, -0.1) is 0 Å². The molecule has 1 aromatic rings. The van der Waals surface area contributed by atoms with E-state index >= 15 is 0 Å². The van der Waals surface area contributed by atoms with Gasteiger partial charge in [0.1, 0.15) is 11.4 Å². The van der Waals surface area contributed by atoms with Gasteiger partial charge in [0, 0.05) is 5.92 Å². The molecule has 20 heavy (non-hydrogen) atoms. The summed E-state index contributed by atoms with van der Waals surface area (Å²) in [5.41, 5.74) is -0.244. The normalized spacial score (nSPS) is 16.9. The Morgan fingerprint density at radius 1 is 1.40 bits per heavy atom. The number of nitrogens with one attached hydrogen (secondary N) is 1. The van der Waals surface area contributed by atoms with Crippen LogP contribution in [0.1, 0.15) is 37.0 Å². The summed E-state index contributed by atoms with van der Waals surface area (Å²) >= 11 is 5.97. The fraction of sp³-hybridized carbons (Fsp3) is 0.533. The first kappa shape index (κ1) is 15.1. The number of carbonyl (C=O) groups is 1. The molecule has 1 fully saturated rings. The van der Waals surface area contributed by atoms with Crippen LogP contribution in [-0.4, -0.2) is 29.8 Å². The van der Waals surface area contributed by atoms with Gasteiger partial charge in [-0.05, 0) is 58.0 Å². The predicted octanol–water partition coefficient (Wildman–Crippen LogP) is 2.98. The number of piperidine rings is 1. The number of carbonyl (C=O) groups excluding carboxylic acids is 1. The Balaban J connectivity index is 2.09. The van der Waals surface area contributed by atoms with Crippen LogP contribution >= 0.6 is 11.6 Å². The zero-order valence-electron chi connectivity index (χ0n) is 11.8. The Morgan fingerprint density at radius 3 is 2.65 bits per heavy atom. The van der Waals surface area contributed by atoms with Crippen LogP contribution in [0.3, 0.4) is 0 Å². The van der Waals surface area contributed by atoms with Crippen LogP contribution < -0.4 is 5.32 Å². The largest absolute Gasteiger partial charge is 0.508 e. The summed E-state index contributed by atoms with van der Waals surface area (Å²) in [6, 6.07) is 4.26. The lowest BCUT2D eigenvalue weighted by atomic mass is 9.83. The molecule has 1 heterocycles. The molecular weight excluding hydrogens is 278 g/mol. The van der Waals surface area contributed by atoms with Gasteiger partial charge in [0.15, 0.2) is 0 Å². The highest BCUT2D eigenvalue weighted by atomic mass is 35.5. The number of hydrogen-bond acceptors (Lipinski definition) is 4. The molecule has 0 amide bonds. The number of phenols is 1. The van der Waals surface area contributed by atoms with Crippen molar-refractivity contribution in [1.29, 1.82) is 0 Å². The summed E-state index contributed by atoms with van der Waals surface area (Å²) < 4.78 is 5.65. The molecule has 0 radical (unpaired) electrons. The van der Waals surface area contributed by atoms with Crippen LogP contribution in [0, 0.1) is 5.92 Å². The highest BCUT2D eigenvalue weighted by molar-refractivity contribution is 6.33. The lowest BCUT2D eigenvalue weighted by Gasteiger charge is -2.36. The summed E-state index contributed by atoms with van der Waals surface area (Å²) in [5, 5.41) is 12.8. The molecule has 0 aliphatic carbocycles. The second kappa shape index (κ2) is 6.02. The number of phenolic OH excluding ortho intramolecular Hbond substituents is 1. The number of aromatic hydroxyl groups is 1. The van der Waals surface area contributed by atoms with E-state index in [2.05, 4.69) is 5.32 Å². The van der Waals surface area contributed by atoms with Crippen molar-refractivity contribution in [2.24, 2.45) is 5.92 Å². The van der Waals surface area contributed by atoms with Crippen LogP contribution in [0.15, 0.2) is 18.2 Å². The molecule has 0 bridgehead atoms. The van der Waals surface area contributed by atoms with E-state index in [0.29, 0.717) is 5.92 Å². The summed E-state index contributed by atoms with van der Waals surface area (Å²) in [5.74, 6) is -0.0775. The number of esters is 1. The molecule has 0 aromatic heterocycles. The van der Waals surface area contributed by atoms with Gasteiger partial charge in [0.2, 0.25) is 0 Å². The van der Waals surface area contributed by atoms with Gasteiger partial charge in [0.05, 0.1) is 10.6 Å². The number of halogens is 1. The van der Waals surface area contributed by atoms with E-state index in [1.54, 1.807) is 0 Å². The summed E-state index contributed by atoms with van der Waals surface area (Å²) in [4.78, 5) is 12.2. The minimum Gasteiger partial charge on any atom is -0.508 e. The smallest absolute Gasteiger partial charge is 0.340 e. The van der Waals surface area contributed by atoms with Crippen LogP contribution in [0.25, 0.3) is 0 Å². The SMILES string of the molecule is CC(C)(OC(=O)c1ccc(O)cc1Cl)C1CCNCC1. The topological polar surface area (TPSA) is 58.6 Å². The van der Waals surface area contributed by atoms with Gasteiger partial charge < -0.3 is 15.2 Å². The van der Waals surface area contributed by atoms with Crippen molar-refractivity contribution in [1.82, 2.24) is 5.32 Å². The van der Waals surface area contributed by atoms with E-state index < -0.39 is 11.6 Å². The van der Waals surface area contributed by atoms with Gasteiger partial charge in [-0.2, -0.15) is 0 Å². The molecule has 1 aliphatic heterocycles. The van der Waals surface area contributed by atoms with Crippen molar-refractivity contribution in [3.63, 3.8) is 0 Å². The third kappa shape index (κ3) is 3.44. The lowest BCUT2D eigenvalue weighted by molar-refractivity contribution is -0.0367. The van der Waals surface area contributed by atoms with Crippen LogP contribution in [0.4, 0.5) is 0 Å². The minimum atomic E-state index is -0.527. The van der Waals surface area contributed by atoms with Gasteiger partial charge in [-0.25, -0.2) is 4.79 Å². The van der Waals surface area contributed by atoms with Crippen molar-refractivity contribution in [2.45, 2.75) is 32.3 Å². The molecule has 1 aliphatic rings. The van der Waals surface area contributed by atoms with Gasteiger partial charge in [-0.3, -0.25) is 0 Å². The Kier molecular flexibility index (Phi) is 4.55. The van der Waals surface area contributed by atoms with E-state index in [1.165, 1.54) is 18.2 Å². The molecule has 2 N–H and O–H groups in total. The Bertz CT molecular complexity index is 496. The fourth-order valence-electron chi connectivity index (χ4n) is 2.56. The molecule has 0 spiro atoms. The zero-order chi connectivity index (χ0) is 14.8. The second-order valence-electron chi connectivity index (χ2n) is 5.68. The maximum absolute atomic E-state index is 12.2. The van der Waals surface area contributed by atoms with Crippen LogP contribution in [0.2, 0.25) is 5.02 Å². The van der Waals surface area contributed by atoms with Gasteiger partial charge >= 0.3 is 5.97 Å². The van der Waals surface area contributed by atoms with Crippen LogP contribution in [0.5, 0.6) is 5.75 Å². The second-order valence-corrected chi connectivity index (χ2v) is 6.09. The molecule has 1 saturated heterocycles. The number of rotatable bonds is 3. The van der Waals surface area contributed by atoms with E-state index in [0.717, 1.165) is 25.9 Å². The molecule has 1 aromatic carbocycles. The Labute approximate surface area is 124 Å². The molecular formula is C15H20ClNO3. The average molecular weight is 298 g/mol. The molecule has 4 nitrogen and oxygen atoms in total. The third-order valence-corrected chi connectivity index (χ3v) is 4.16. The van der Waals surface area contributed by atoms with E-state index in [-0.39, 0.29) is 16.3 Å². The molecule has 110 valence electrons. The monoisotopic (exact) mass is 297 g/mol. The van der Waals surface area contributed by atoms with E-state index in [4.69, 9.17) is 16.3 Å². The van der Waals surface area contributed by atoms with Crippen molar-refractivity contribution in [2.75, 3.05) is 13.1 Å². The van der Waals surface area contributed by atoms with Gasteiger partial charge in [0.25, 0.3) is 0 Å². The van der Waals surface area contributed by atoms with Crippen molar-refractivity contribution in [3.05, 3.63) is 28.8 Å². The molecule has 5 heteroatoms. The zero-order valence-corrected chi connectivity index (χ0v) is 12.5. The van der Waals surface area contributed by atoms with Crippen LogP contribution in [-0.2, 0) is 4.74 Å². The molecule has 0 atom stereocenters. The summed E-state index contributed by atoms with van der Waals surface area (Å²) in [6.45, 7) is 5.78. The average Bonchev–Trinajstić information content (AvgIpc) is 2.39. The molecule has 0 unspecified atom stereocenters. The van der Waals surface area contributed by atoms with E-state index in [1.807, 2.05) is 13.8 Å². The first-order valence-electron chi connectivity index (χ1n) is 6.83. The van der Waals surface area contributed by atoms with E-state index in [9.17, 15) is 9.90 Å². The summed E-state index contributed by atoms with van der Waals surface area (Å²) in [6.07, 6.45) is 1.98. The first-order chi connectivity index (χ1) is 9.40. The maximum atomic E-state index is 12.2. The Morgan fingerprint density at radius 2 is 2.05 bits per heavy atom. The summed E-state index contributed by atoms with van der Waals surface area (Å²) in [7, 11) is 0. The standard InChI is InChI=1S/C15H20ClNO3/c1-15(2,10-5-7-17-8-6-10)20-14(19)12-4-3-11(18)9-13(12)16/h3-4,9-10,17-18H,5-8H2,1-2H3. The number of ether oxygens (including phenoxy) is 1. The number of hydrogen-bond donors (Lipinski definition) is 2. The maximum Gasteiger partial charge on any atom is 0.340 e. The minimum absolute atomic E-state index is 0.0316. The molecule has 2 rings (SSSR count). The first-order valence-corrected chi connectivity index (χ1v) is 7.20. The third-order valence-electron chi connectivity index (χ3n) is 3.85. The fourth-order valence-corrected chi connectivity index (χ4v) is 2.82. The van der Waals surface area contributed by atoms with Crippen molar-refractivity contribution in [3.8, 4) is 5.75 Å². The predicted molar refractivity (Wildman–Crippen MR) is 78.2 cm³/mol. The highest BCUT2D eigenvalue weighted by Gasteiger charge is 2.34. The lowest BCUT2D eigenvalue weighted by Crippen LogP contribution is -2.42.